The van der Waals surface area contributed by atoms with E-state index in [4.69, 9.17) is 25.8 Å². The zero-order valence-electron chi connectivity index (χ0n) is 14.2. The second kappa shape index (κ2) is 8.49. The van der Waals surface area contributed by atoms with Crippen LogP contribution in [0.15, 0.2) is 34.8 Å². The number of halogens is 2. The highest BCUT2D eigenvalue weighted by Gasteiger charge is 2.13. The van der Waals surface area contributed by atoms with Gasteiger partial charge in [0.2, 0.25) is 0 Å². The Morgan fingerprint density at radius 2 is 1.79 bits per heavy atom. The molecular formula is C18H21BrClNO3. The number of anilines is 1. The average molecular weight is 415 g/mol. The van der Waals surface area contributed by atoms with Crippen LogP contribution in [0.3, 0.4) is 0 Å². The summed E-state index contributed by atoms with van der Waals surface area (Å²) in [5.41, 5.74) is 1.97. The highest BCUT2D eigenvalue weighted by atomic mass is 79.9. The van der Waals surface area contributed by atoms with Gasteiger partial charge in [0.1, 0.15) is 5.75 Å². The van der Waals surface area contributed by atoms with Gasteiger partial charge in [0.05, 0.1) is 29.8 Å². The van der Waals surface area contributed by atoms with E-state index in [9.17, 15) is 0 Å². The standard InChI is InChI=1S/C18H21BrClNO3/c1-11(2)24-18-14(19)7-12(8-17(18)23-4)10-21-13-5-6-16(22-3)15(20)9-13/h5-9,11,21H,10H2,1-4H3. The van der Waals surface area contributed by atoms with Crippen molar-refractivity contribution in [1.82, 2.24) is 0 Å². The van der Waals surface area contributed by atoms with Crippen molar-refractivity contribution in [3.05, 3.63) is 45.4 Å². The van der Waals surface area contributed by atoms with Crippen molar-refractivity contribution in [2.24, 2.45) is 0 Å². The van der Waals surface area contributed by atoms with Crippen molar-refractivity contribution in [2.45, 2.75) is 26.5 Å². The normalized spacial score (nSPS) is 10.6. The van der Waals surface area contributed by atoms with Gasteiger partial charge in [-0.2, -0.15) is 0 Å². The monoisotopic (exact) mass is 413 g/mol. The third kappa shape index (κ3) is 4.71. The van der Waals surface area contributed by atoms with Crippen LogP contribution in [0.25, 0.3) is 0 Å². The molecule has 0 amide bonds. The average Bonchev–Trinajstić information content (AvgIpc) is 2.54. The number of hydrogen-bond donors (Lipinski definition) is 1. The minimum absolute atomic E-state index is 0.0700. The molecule has 2 aromatic rings. The van der Waals surface area contributed by atoms with Crippen LogP contribution in [0.5, 0.6) is 17.2 Å². The van der Waals surface area contributed by atoms with E-state index in [0.29, 0.717) is 28.8 Å². The summed E-state index contributed by atoms with van der Waals surface area (Å²) in [5, 5.41) is 3.91. The Morgan fingerprint density at radius 1 is 1.08 bits per heavy atom. The Morgan fingerprint density at radius 3 is 2.38 bits per heavy atom. The molecule has 2 rings (SSSR count). The van der Waals surface area contributed by atoms with Crippen LogP contribution >= 0.6 is 27.5 Å². The molecule has 0 heterocycles. The SMILES string of the molecule is COc1ccc(NCc2cc(Br)c(OC(C)C)c(OC)c2)cc1Cl. The van der Waals surface area contributed by atoms with Crippen molar-refractivity contribution < 1.29 is 14.2 Å². The Bertz CT molecular complexity index is 707. The van der Waals surface area contributed by atoms with Gasteiger partial charge in [0, 0.05) is 12.2 Å². The molecule has 0 saturated heterocycles. The third-order valence-electron chi connectivity index (χ3n) is 3.29. The molecule has 0 aromatic heterocycles. The quantitative estimate of drug-likeness (QED) is 0.647. The molecule has 1 N–H and O–H groups in total. The lowest BCUT2D eigenvalue weighted by Crippen LogP contribution is -2.08. The van der Waals surface area contributed by atoms with Crippen LogP contribution in [-0.4, -0.2) is 20.3 Å². The smallest absolute Gasteiger partial charge is 0.175 e. The fourth-order valence-corrected chi connectivity index (χ4v) is 3.05. The molecule has 0 aliphatic heterocycles. The second-order valence-corrected chi connectivity index (χ2v) is 6.74. The maximum absolute atomic E-state index is 6.14. The number of nitrogens with one attached hydrogen (secondary N) is 1. The molecule has 0 aliphatic rings. The lowest BCUT2D eigenvalue weighted by Gasteiger charge is -2.17. The van der Waals surface area contributed by atoms with Crippen LogP contribution in [0, 0.1) is 0 Å². The van der Waals surface area contributed by atoms with Gasteiger partial charge in [-0.1, -0.05) is 11.6 Å². The molecule has 0 fully saturated rings. The molecule has 2 aromatic carbocycles. The molecular weight excluding hydrogens is 394 g/mol. The summed E-state index contributed by atoms with van der Waals surface area (Å²) in [6, 6.07) is 9.57. The van der Waals surface area contributed by atoms with Gasteiger partial charge in [0.25, 0.3) is 0 Å². The van der Waals surface area contributed by atoms with Crippen molar-refractivity contribution in [1.29, 1.82) is 0 Å². The fourth-order valence-electron chi connectivity index (χ4n) is 2.21. The minimum atomic E-state index is 0.0700. The van der Waals surface area contributed by atoms with Gasteiger partial charge in [-0.05, 0) is 65.7 Å². The summed E-state index contributed by atoms with van der Waals surface area (Å²) in [4.78, 5) is 0. The third-order valence-corrected chi connectivity index (χ3v) is 4.18. The summed E-state index contributed by atoms with van der Waals surface area (Å²) >= 11 is 9.70. The van der Waals surface area contributed by atoms with Gasteiger partial charge >= 0.3 is 0 Å². The minimum Gasteiger partial charge on any atom is -0.495 e. The van der Waals surface area contributed by atoms with Crippen molar-refractivity contribution in [3.8, 4) is 17.2 Å². The molecule has 0 saturated carbocycles. The summed E-state index contributed by atoms with van der Waals surface area (Å²) in [5.74, 6) is 2.06. The summed E-state index contributed by atoms with van der Waals surface area (Å²) in [7, 11) is 3.23. The first-order valence-electron chi connectivity index (χ1n) is 7.55. The van der Waals surface area contributed by atoms with Gasteiger partial charge < -0.3 is 19.5 Å². The van der Waals surface area contributed by atoms with E-state index in [1.54, 1.807) is 14.2 Å². The number of benzene rings is 2. The zero-order chi connectivity index (χ0) is 17.7. The molecule has 0 atom stereocenters. The molecule has 130 valence electrons. The summed E-state index contributed by atoms with van der Waals surface area (Å²) in [6.45, 7) is 4.59. The topological polar surface area (TPSA) is 39.7 Å². The number of ether oxygens (including phenoxy) is 3. The molecule has 0 bridgehead atoms. The van der Waals surface area contributed by atoms with Crippen molar-refractivity contribution >= 4 is 33.2 Å². The van der Waals surface area contributed by atoms with Gasteiger partial charge in [0.15, 0.2) is 11.5 Å². The Labute approximate surface area is 156 Å². The van der Waals surface area contributed by atoms with Gasteiger partial charge in [-0.15, -0.1) is 0 Å². The van der Waals surface area contributed by atoms with Crippen molar-refractivity contribution in [3.63, 3.8) is 0 Å². The first-order chi connectivity index (χ1) is 11.4. The van der Waals surface area contributed by atoms with Gasteiger partial charge in [-0.3, -0.25) is 0 Å². The maximum atomic E-state index is 6.14. The van der Waals surface area contributed by atoms with E-state index in [1.807, 2.05) is 44.2 Å². The molecule has 0 spiro atoms. The van der Waals surface area contributed by atoms with E-state index in [-0.39, 0.29) is 6.10 Å². The lowest BCUT2D eigenvalue weighted by atomic mass is 10.2. The number of rotatable bonds is 7. The second-order valence-electron chi connectivity index (χ2n) is 5.48. The molecule has 24 heavy (non-hydrogen) atoms. The van der Waals surface area contributed by atoms with Crippen molar-refractivity contribution in [2.75, 3.05) is 19.5 Å². The van der Waals surface area contributed by atoms with Gasteiger partial charge in [-0.25, -0.2) is 0 Å². The predicted octanol–water partition coefficient (Wildman–Crippen LogP) is 5.52. The number of methoxy groups -OCH3 is 2. The van der Waals surface area contributed by atoms with Crippen LogP contribution in [-0.2, 0) is 6.54 Å². The largest absolute Gasteiger partial charge is 0.495 e. The predicted molar refractivity (Wildman–Crippen MR) is 102 cm³/mol. The Hall–Kier alpha value is -1.59. The molecule has 0 radical (unpaired) electrons. The van der Waals surface area contributed by atoms with E-state index < -0.39 is 0 Å². The zero-order valence-corrected chi connectivity index (χ0v) is 16.5. The first kappa shape index (κ1) is 18.7. The van der Waals surface area contributed by atoms with Crippen LogP contribution in [0.1, 0.15) is 19.4 Å². The lowest BCUT2D eigenvalue weighted by molar-refractivity contribution is 0.228. The van der Waals surface area contributed by atoms with Crippen LogP contribution in [0.2, 0.25) is 5.02 Å². The molecule has 0 aliphatic carbocycles. The van der Waals surface area contributed by atoms with E-state index in [1.165, 1.54) is 0 Å². The molecule has 6 heteroatoms. The van der Waals surface area contributed by atoms with Crippen LogP contribution in [0.4, 0.5) is 5.69 Å². The number of hydrogen-bond acceptors (Lipinski definition) is 4. The van der Waals surface area contributed by atoms with E-state index in [2.05, 4.69) is 21.2 Å². The van der Waals surface area contributed by atoms with Crippen LogP contribution < -0.4 is 19.5 Å². The summed E-state index contributed by atoms with van der Waals surface area (Å²) < 4.78 is 17.3. The molecule has 0 unspecified atom stereocenters. The summed E-state index contributed by atoms with van der Waals surface area (Å²) in [6.07, 6.45) is 0.0700. The highest BCUT2D eigenvalue weighted by molar-refractivity contribution is 9.10. The van der Waals surface area contributed by atoms with E-state index >= 15 is 0 Å². The maximum Gasteiger partial charge on any atom is 0.175 e. The fraction of sp³-hybridized carbons (Fsp3) is 0.333. The Balaban J connectivity index is 2.15. The molecule has 4 nitrogen and oxygen atoms in total. The first-order valence-corrected chi connectivity index (χ1v) is 8.72. The Kier molecular flexibility index (Phi) is 6.63. The van der Waals surface area contributed by atoms with E-state index in [0.717, 1.165) is 15.7 Å². The highest BCUT2D eigenvalue weighted by Crippen LogP contribution is 2.37.